The molecule has 4 unspecified atom stereocenters. The number of hydrogen-bond acceptors (Lipinski definition) is 7. The lowest BCUT2D eigenvalue weighted by molar-refractivity contribution is -0.128. The number of halogens is 1. The Hall–Kier alpha value is -3.36. The Labute approximate surface area is 183 Å². The topological polar surface area (TPSA) is 93.0 Å². The van der Waals surface area contributed by atoms with Gasteiger partial charge in [-0.3, -0.25) is 14.2 Å². The number of carbonyl (C=O) groups is 2. The largest absolute Gasteiger partial charge is 0.355 e. The number of aromatic nitrogens is 4. The van der Waals surface area contributed by atoms with Crippen molar-refractivity contribution < 1.29 is 14.0 Å². The Bertz CT molecular complexity index is 1230. The molecular weight excluding hydrogens is 411 g/mol. The van der Waals surface area contributed by atoms with Crippen LogP contribution < -0.4 is 10.2 Å². The van der Waals surface area contributed by atoms with E-state index in [1.165, 1.54) is 12.1 Å². The Kier molecular flexibility index (Phi) is 4.44. The molecule has 32 heavy (non-hydrogen) atoms. The second-order valence-electron chi connectivity index (χ2n) is 8.91. The fourth-order valence-electron chi connectivity index (χ4n) is 5.80. The molecule has 0 amide bonds. The van der Waals surface area contributed by atoms with E-state index in [1.807, 2.05) is 4.90 Å². The van der Waals surface area contributed by atoms with Crippen LogP contribution in [-0.4, -0.2) is 43.8 Å². The molecule has 6 rings (SSSR count). The van der Waals surface area contributed by atoms with Gasteiger partial charge in [0.15, 0.2) is 18.3 Å². The minimum absolute atomic E-state index is 0.0571. The van der Waals surface area contributed by atoms with Crippen LogP contribution in [0.1, 0.15) is 38.5 Å². The third-order valence-electron chi connectivity index (χ3n) is 7.23. The normalized spacial score (nSPS) is 27.2. The standard InChI is InChI=1S/C23H23FN6O2/c24-13-5-6-16-19(9-13)29(12-26-16)23-25-10-17-22(28-23)30(21(11-31)27-17)18-7-8-20(32)15-4-2-1-3-14(15)18/h5-6,9-12,14-15,18,21,27H,1-4,7-8H2. The van der Waals surface area contributed by atoms with Crippen LogP contribution in [0.5, 0.6) is 0 Å². The first-order valence-corrected chi connectivity index (χ1v) is 11.2. The Morgan fingerprint density at radius 2 is 2.03 bits per heavy atom. The van der Waals surface area contributed by atoms with Gasteiger partial charge >= 0.3 is 0 Å². The second kappa shape index (κ2) is 7.36. The summed E-state index contributed by atoms with van der Waals surface area (Å²) in [7, 11) is 0. The van der Waals surface area contributed by atoms with E-state index in [0.29, 0.717) is 47.1 Å². The Morgan fingerprint density at radius 1 is 1.16 bits per heavy atom. The lowest BCUT2D eigenvalue weighted by atomic mass is 9.67. The number of hydrogen-bond donors (Lipinski definition) is 1. The number of aldehydes is 1. The van der Waals surface area contributed by atoms with Gasteiger partial charge in [-0.1, -0.05) is 12.8 Å². The van der Waals surface area contributed by atoms with Gasteiger partial charge in [-0.2, -0.15) is 4.98 Å². The van der Waals surface area contributed by atoms with E-state index in [0.717, 1.165) is 32.0 Å². The third kappa shape index (κ3) is 2.91. The minimum Gasteiger partial charge on any atom is -0.355 e. The van der Waals surface area contributed by atoms with E-state index in [1.54, 1.807) is 23.2 Å². The van der Waals surface area contributed by atoms with Crippen molar-refractivity contribution in [2.75, 3.05) is 10.2 Å². The molecule has 3 aromatic rings. The zero-order valence-corrected chi connectivity index (χ0v) is 17.4. The molecule has 0 bridgehead atoms. The van der Waals surface area contributed by atoms with Crippen LogP contribution in [0.25, 0.3) is 17.0 Å². The van der Waals surface area contributed by atoms with Crippen molar-refractivity contribution in [2.24, 2.45) is 11.8 Å². The molecule has 1 aliphatic heterocycles. The van der Waals surface area contributed by atoms with Gasteiger partial charge in [-0.25, -0.2) is 14.4 Å². The van der Waals surface area contributed by atoms with Gasteiger partial charge in [0.2, 0.25) is 5.95 Å². The molecule has 0 radical (unpaired) electrons. The molecule has 0 spiro atoms. The first-order valence-electron chi connectivity index (χ1n) is 11.2. The summed E-state index contributed by atoms with van der Waals surface area (Å²) in [5.41, 5.74) is 1.91. The van der Waals surface area contributed by atoms with Crippen molar-refractivity contribution in [1.82, 2.24) is 19.5 Å². The quantitative estimate of drug-likeness (QED) is 0.633. The zero-order chi connectivity index (χ0) is 21.8. The fourth-order valence-corrected chi connectivity index (χ4v) is 5.80. The van der Waals surface area contributed by atoms with Crippen LogP contribution >= 0.6 is 0 Å². The lowest BCUT2D eigenvalue weighted by Crippen LogP contribution is -2.53. The van der Waals surface area contributed by atoms with E-state index in [9.17, 15) is 14.0 Å². The van der Waals surface area contributed by atoms with Crippen molar-refractivity contribution in [1.29, 1.82) is 0 Å². The van der Waals surface area contributed by atoms with Crippen LogP contribution in [0.3, 0.4) is 0 Å². The van der Waals surface area contributed by atoms with Crippen molar-refractivity contribution in [2.45, 2.75) is 50.7 Å². The molecule has 2 aromatic heterocycles. The van der Waals surface area contributed by atoms with Gasteiger partial charge in [0.05, 0.1) is 22.9 Å². The molecule has 164 valence electrons. The molecule has 2 aliphatic carbocycles. The maximum Gasteiger partial charge on any atom is 0.237 e. The Morgan fingerprint density at radius 3 is 2.91 bits per heavy atom. The van der Waals surface area contributed by atoms with Gasteiger partial charge in [0.1, 0.15) is 17.9 Å². The Balaban J connectivity index is 1.43. The molecule has 0 saturated heterocycles. The molecule has 9 heteroatoms. The third-order valence-corrected chi connectivity index (χ3v) is 7.23. The maximum atomic E-state index is 13.9. The summed E-state index contributed by atoms with van der Waals surface area (Å²) in [6.45, 7) is 0. The monoisotopic (exact) mass is 434 g/mol. The average Bonchev–Trinajstić information content (AvgIpc) is 3.40. The number of Topliss-reactive ketones (excluding diaryl/α,β-unsaturated/α-hetero) is 1. The highest BCUT2D eigenvalue weighted by Crippen LogP contribution is 2.45. The number of rotatable bonds is 3. The lowest BCUT2D eigenvalue weighted by Gasteiger charge is -2.45. The second-order valence-corrected chi connectivity index (χ2v) is 8.91. The van der Waals surface area contributed by atoms with Gasteiger partial charge in [0.25, 0.3) is 0 Å². The van der Waals surface area contributed by atoms with E-state index in [2.05, 4.69) is 15.3 Å². The zero-order valence-electron chi connectivity index (χ0n) is 17.4. The van der Waals surface area contributed by atoms with Gasteiger partial charge in [-0.05, 0) is 37.3 Å². The summed E-state index contributed by atoms with van der Waals surface area (Å²) in [6.07, 6.45) is 8.93. The molecular formula is C23H23FN6O2. The van der Waals surface area contributed by atoms with E-state index in [4.69, 9.17) is 4.98 Å². The molecule has 2 saturated carbocycles. The van der Waals surface area contributed by atoms with Gasteiger partial charge < -0.3 is 10.2 Å². The molecule has 1 aromatic carbocycles. The number of nitrogens with one attached hydrogen (secondary N) is 1. The predicted octanol–water partition coefficient (Wildman–Crippen LogP) is 3.25. The molecule has 4 atom stereocenters. The average molecular weight is 434 g/mol. The smallest absolute Gasteiger partial charge is 0.237 e. The summed E-state index contributed by atoms with van der Waals surface area (Å²) >= 11 is 0. The fraction of sp³-hybridized carbons (Fsp3) is 0.435. The van der Waals surface area contributed by atoms with Gasteiger partial charge in [-0.15, -0.1) is 0 Å². The molecule has 3 heterocycles. The van der Waals surface area contributed by atoms with Gasteiger partial charge in [0, 0.05) is 24.4 Å². The highest BCUT2D eigenvalue weighted by Gasteiger charge is 2.46. The summed E-state index contributed by atoms with van der Waals surface area (Å²) in [5, 5.41) is 3.22. The number of imidazole rings is 1. The highest BCUT2D eigenvalue weighted by molar-refractivity contribution is 5.85. The summed E-state index contributed by atoms with van der Waals surface area (Å²) in [5.74, 6) is 1.30. The summed E-state index contributed by atoms with van der Waals surface area (Å²) in [6, 6.07) is 4.45. The summed E-state index contributed by atoms with van der Waals surface area (Å²) in [4.78, 5) is 40.2. The maximum absolute atomic E-state index is 13.9. The molecule has 2 fully saturated rings. The summed E-state index contributed by atoms with van der Waals surface area (Å²) < 4.78 is 15.5. The van der Waals surface area contributed by atoms with Crippen LogP contribution in [0, 0.1) is 17.7 Å². The van der Waals surface area contributed by atoms with Crippen LogP contribution in [0.15, 0.2) is 30.7 Å². The first-order chi connectivity index (χ1) is 15.6. The van der Waals surface area contributed by atoms with E-state index < -0.39 is 6.17 Å². The number of anilines is 2. The number of fused-ring (bicyclic) bond motifs is 3. The van der Waals surface area contributed by atoms with Crippen LogP contribution in [0.2, 0.25) is 0 Å². The van der Waals surface area contributed by atoms with Crippen molar-refractivity contribution in [3.63, 3.8) is 0 Å². The number of benzene rings is 1. The van der Waals surface area contributed by atoms with Crippen molar-refractivity contribution in [3.8, 4) is 5.95 Å². The number of carbonyl (C=O) groups excluding carboxylic acids is 2. The number of ketones is 1. The van der Waals surface area contributed by atoms with Crippen LogP contribution in [0.4, 0.5) is 15.9 Å². The molecule has 8 nitrogen and oxygen atoms in total. The molecule has 1 N–H and O–H groups in total. The van der Waals surface area contributed by atoms with E-state index in [-0.39, 0.29) is 23.7 Å². The van der Waals surface area contributed by atoms with Crippen molar-refractivity contribution in [3.05, 3.63) is 36.5 Å². The number of nitrogens with zero attached hydrogens (tertiary/aromatic N) is 5. The predicted molar refractivity (Wildman–Crippen MR) is 116 cm³/mol. The van der Waals surface area contributed by atoms with Crippen LogP contribution in [-0.2, 0) is 9.59 Å². The van der Waals surface area contributed by atoms with Crippen molar-refractivity contribution >= 4 is 34.6 Å². The highest BCUT2D eigenvalue weighted by atomic mass is 19.1. The molecule has 3 aliphatic rings. The SMILES string of the molecule is O=CC1Nc2cnc(-n3cnc4ccc(F)cc43)nc2N1C1CCC(=O)C2CCCCC21. The minimum atomic E-state index is -0.549. The van der Waals surface area contributed by atoms with E-state index >= 15 is 0 Å². The first kappa shape index (κ1) is 19.3.